The number of nitrogens with zero attached hydrogens (tertiary/aromatic N) is 1. The van der Waals surface area contributed by atoms with E-state index < -0.39 is 11.5 Å². The molecule has 1 aliphatic heterocycles. The van der Waals surface area contributed by atoms with Crippen LogP contribution >= 0.6 is 11.3 Å². The molecule has 4 heteroatoms. The zero-order valence-electron chi connectivity index (χ0n) is 9.86. The van der Waals surface area contributed by atoms with E-state index in [1.54, 1.807) is 25.2 Å². The quantitative estimate of drug-likeness (QED) is 0.862. The maximum atomic E-state index is 11.3. The van der Waals surface area contributed by atoms with Crippen LogP contribution in [0.15, 0.2) is 11.4 Å². The molecule has 0 aromatic carbocycles. The number of hydrogen-bond acceptors (Lipinski definition) is 3. The first-order chi connectivity index (χ1) is 7.44. The fourth-order valence-electron chi connectivity index (χ4n) is 2.40. The molecular formula is C12H17NO2S. The number of carbonyl (C=O) groups is 1. The van der Waals surface area contributed by atoms with Crippen LogP contribution in [-0.2, 0) is 11.2 Å². The van der Waals surface area contributed by atoms with Crippen molar-refractivity contribution in [3.05, 3.63) is 21.9 Å². The van der Waals surface area contributed by atoms with Gasteiger partial charge in [0.15, 0.2) is 0 Å². The van der Waals surface area contributed by atoms with Gasteiger partial charge in [-0.05, 0) is 44.2 Å². The lowest BCUT2D eigenvalue weighted by Gasteiger charge is -2.42. The highest BCUT2D eigenvalue weighted by atomic mass is 32.1. The van der Waals surface area contributed by atoms with E-state index >= 15 is 0 Å². The lowest BCUT2D eigenvalue weighted by molar-refractivity contribution is -0.151. The summed E-state index contributed by atoms with van der Waals surface area (Å²) in [6, 6.07) is 2.32. The van der Waals surface area contributed by atoms with Gasteiger partial charge in [0.25, 0.3) is 0 Å². The largest absolute Gasteiger partial charge is 0.480 e. The van der Waals surface area contributed by atoms with Crippen LogP contribution in [-0.4, -0.2) is 28.1 Å². The Morgan fingerprint density at radius 3 is 2.94 bits per heavy atom. The van der Waals surface area contributed by atoms with Crippen LogP contribution < -0.4 is 0 Å². The van der Waals surface area contributed by atoms with Crippen LogP contribution in [0, 0.1) is 0 Å². The van der Waals surface area contributed by atoms with Crippen molar-refractivity contribution < 1.29 is 9.90 Å². The van der Waals surface area contributed by atoms with E-state index in [0.717, 1.165) is 13.0 Å². The molecule has 88 valence electrons. The Morgan fingerprint density at radius 1 is 1.62 bits per heavy atom. The lowest BCUT2D eigenvalue weighted by atomic mass is 9.93. The Balaban J connectivity index is 2.31. The number of carboxylic acid groups (broad SMARTS) is 1. The van der Waals surface area contributed by atoms with E-state index in [1.807, 2.05) is 0 Å². The summed E-state index contributed by atoms with van der Waals surface area (Å²) < 4.78 is 0. The van der Waals surface area contributed by atoms with Gasteiger partial charge < -0.3 is 5.11 Å². The summed E-state index contributed by atoms with van der Waals surface area (Å²) in [5.74, 6) is -0.752. The summed E-state index contributed by atoms with van der Waals surface area (Å²) in [6.45, 7) is 6.48. The first-order valence-corrected chi connectivity index (χ1v) is 6.39. The molecule has 0 spiro atoms. The third kappa shape index (κ3) is 1.66. The van der Waals surface area contributed by atoms with E-state index in [1.165, 1.54) is 10.4 Å². The minimum atomic E-state index is -0.793. The Hall–Kier alpha value is -0.870. The highest BCUT2D eigenvalue weighted by Gasteiger charge is 2.40. The van der Waals surface area contributed by atoms with Crippen LogP contribution in [0.5, 0.6) is 0 Å². The summed E-state index contributed by atoms with van der Waals surface area (Å²) in [7, 11) is 0. The minimum absolute atomic E-state index is 0.195. The molecule has 2 rings (SSSR count). The van der Waals surface area contributed by atoms with E-state index in [0.29, 0.717) is 0 Å². The fraction of sp³-hybridized carbons (Fsp3) is 0.583. The topological polar surface area (TPSA) is 40.5 Å². The van der Waals surface area contributed by atoms with Crippen LogP contribution in [0.2, 0.25) is 0 Å². The molecule has 1 aromatic rings. The molecular weight excluding hydrogens is 222 g/mol. The van der Waals surface area contributed by atoms with E-state index in [9.17, 15) is 9.90 Å². The van der Waals surface area contributed by atoms with Gasteiger partial charge >= 0.3 is 5.97 Å². The second-order valence-corrected chi connectivity index (χ2v) is 5.78. The van der Waals surface area contributed by atoms with Crippen LogP contribution in [0.3, 0.4) is 0 Å². The van der Waals surface area contributed by atoms with Gasteiger partial charge in [0.05, 0.1) is 0 Å². The molecule has 3 nitrogen and oxygen atoms in total. The molecule has 1 atom stereocenters. The Morgan fingerprint density at radius 2 is 2.31 bits per heavy atom. The van der Waals surface area contributed by atoms with Gasteiger partial charge in [0.1, 0.15) is 5.54 Å². The van der Waals surface area contributed by atoms with Crippen molar-refractivity contribution in [3.8, 4) is 0 Å². The second kappa shape index (κ2) is 3.86. The lowest BCUT2D eigenvalue weighted by Crippen LogP contribution is -2.53. The molecule has 1 N–H and O–H groups in total. The second-order valence-electron chi connectivity index (χ2n) is 4.78. The summed E-state index contributed by atoms with van der Waals surface area (Å²) in [6.07, 6.45) is 0.966. The van der Waals surface area contributed by atoms with Gasteiger partial charge in [0.2, 0.25) is 0 Å². The zero-order chi connectivity index (χ0) is 11.9. The molecule has 0 saturated heterocycles. The first kappa shape index (κ1) is 11.6. The zero-order valence-corrected chi connectivity index (χ0v) is 10.7. The summed E-state index contributed by atoms with van der Waals surface area (Å²) >= 11 is 1.78. The first-order valence-electron chi connectivity index (χ1n) is 5.51. The molecule has 16 heavy (non-hydrogen) atoms. The van der Waals surface area contributed by atoms with Gasteiger partial charge in [-0.2, -0.15) is 0 Å². The monoisotopic (exact) mass is 239 g/mol. The summed E-state index contributed by atoms with van der Waals surface area (Å²) in [4.78, 5) is 14.8. The van der Waals surface area contributed by atoms with E-state index in [2.05, 4.69) is 23.3 Å². The summed E-state index contributed by atoms with van der Waals surface area (Å²) in [5.41, 5.74) is 0.504. The van der Waals surface area contributed by atoms with Gasteiger partial charge in [-0.3, -0.25) is 9.69 Å². The molecule has 0 bridgehead atoms. The van der Waals surface area contributed by atoms with Crippen molar-refractivity contribution in [1.29, 1.82) is 0 Å². The Kier molecular flexibility index (Phi) is 2.80. The van der Waals surface area contributed by atoms with E-state index in [-0.39, 0.29) is 6.04 Å². The Bertz CT molecular complexity index is 411. The van der Waals surface area contributed by atoms with Gasteiger partial charge in [-0.25, -0.2) is 0 Å². The van der Waals surface area contributed by atoms with Crippen molar-refractivity contribution in [1.82, 2.24) is 4.90 Å². The number of hydrogen-bond donors (Lipinski definition) is 1. The normalized spacial score (nSPS) is 21.8. The fourth-order valence-corrected chi connectivity index (χ4v) is 3.36. The summed E-state index contributed by atoms with van der Waals surface area (Å²) in [5, 5.41) is 11.4. The number of carboxylic acids is 1. The third-order valence-electron chi connectivity index (χ3n) is 3.52. The maximum absolute atomic E-state index is 11.3. The predicted octanol–water partition coefficient (Wildman–Crippen LogP) is 2.53. The van der Waals surface area contributed by atoms with Crippen molar-refractivity contribution in [2.75, 3.05) is 6.54 Å². The molecule has 0 radical (unpaired) electrons. The molecule has 0 aliphatic carbocycles. The van der Waals surface area contributed by atoms with Crippen molar-refractivity contribution in [2.24, 2.45) is 0 Å². The predicted molar refractivity (Wildman–Crippen MR) is 64.9 cm³/mol. The third-order valence-corrected chi connectivity index (χ3v) is 4.52. The molecule has 0 amide bonds. The molecule has 2 heterocycles. The average Bonchev–Trinajstić information content (AvgIpc) is 2.66. The molecule has 1 unspecified atom stereocenters. The van der Waals surface area contributed by atoms with Crippen LogP contribution in [0.1, 0.15) is 37.3 Å². The molecule has 0 saturated carbocycles. The van der Waals surface area contributed by atoms with Gasteiger partial charge in [-0.1, -0.05) is 0 Å². The Labute approximate surface area is 99.7 Å². The van der Waals surface area contributed by atoms with Gasteiger partial charge in [-0.15, -0.1) is 11.3 Å². The standard InChI is InChI=1S/C12H17NO2S/c1-8-9-5-7-16-10(9)4-6-13(8)12(2,3)11(14)15/h5,7-8H,4,6H2,1-3H3,(H,14,15). The maximum Gasteiger partial charge on any atom is 0.323 e. The van der Waals surface area contributed by atoms with Crippen molar-refractivity contribution >= 4 is 17.3 Å². The minimum Gasteiger partial charge on any atom is -0.480 e. The van der Waals surface area contributed by atoms with Crippen LogP contribution in [0.25, 0.3) is 0 Å². The number of aliphatic carboxylic acids is 1. The highest BCUT2D eigenvalue weighted by Crippen LogP contribution is 2.36. The number of fused-ring (bicyclic) bond motifs is 1. The van der Waals surface area contributed by atoms with Crippen molar-refractivity contribution in [2.45, 2.75) is 38.8 Å². The molecule has 0 fully saturated rings. The average molecular weight is 239 g/mol. The smallest absolute Gasteiger partial charge is 0.323 e. The highest BCUT2D eigenvalue weighted by molar-refractivity contribution is 7.10. The molecule has 1 aliphatic rings. The van der Waals surface area contributed by atoms with Crippen LogP contribution in [0.4, 0.5) is 0 Å². The SMILES string of the molecule is CC1c2ccsc2CCN1C(C)(C)C(=O)O. The van der Waals surface area contributed by atoms with E-state index in [4.69, 9.17) is 0 Å². The number of rotatable bonds is 2. The van der Waals surface area contributed by atoms with Gasteiger partial charge in [0, 0.05) is 17.5 Å². The molecule has 1 aromatic heterocycles. The number of thiophene rings is 1. The van der Waals surface area contributed by atoms with Crippen molar-refractivity contribution in [3.63, 3.8) is 0 Å².